The van der Waals surface area contributed by atoms with Crippen molar-refractivity contribution in [3.63, 3.8) is 0 Å². The number of carbonyl (C=O) groups excluding carboxylic acids is 1. The molecule has 104 valence electrons. The van der Waals surface area contributed by atoms with E-state index in [0.717, 1.165) is 17.5 Å². The number of ether oxygens (including phenoxy) is 1. The second kappa shape index (κ2) is 7.31. The summed E-state index contributed by atoms with van der Waals surface area (Å²) in [7, 11) is 0. The zero-order valence-electron chi connectivity index (χ0n) is 11.2. The molecule has 2 aromatic carbocycles. The Kier molecular flexibility index (Phi) is 5.15. The maximum Gasteiger partial charge on any atom is 0.411 e. The van der Waals surface area contributed by atoms with Gasteiger partial charge in [0.25, 0.3) is 0 Å². The molecule has 0 spiro atoms. The summed E-state index contributed by atoms with van der Waals surface area (Å²) in [6.07, 6.45) is 0.374. The molecule has 2 aromatic rings. The number of anilines is 1. The summed E-state index contributed by atoms with van der Waals surface area (Å²) in [6, 6.07) is 17.1. The highest BCUT2D eigenvalue weighted by atomic mass is 16.5. The van der Waals surface area contributed by atoms with Crippen LogP contribution in [0.3, 0.4) is 0 Å². The van der Waals surface area contributed by atoms with Crippen LogP contribution >= 0.6 is 0 Å². The number of rotatable bonds is 5. The molecule has 0 aliphatic carbocycles. The minimum absolute atomic E-state index is 0.262. The van der Waals surface area contributed by atoms with Gasteiger partial charge in [0.05, 0.1) is 0 Å². The number of nitrogens with two attached hydrogens (primary N) is 1. The first-order valence-electron chi connectivity index (χ1n) is 6.54. The van der Waals surface area contributed by atoms with Crippen LogP contribution in [0.1, 0.15) is 11.1 Å². The topological polar surface area (TPSA) is 64.3 Å². The summed E-state index contributed by atoms with van der Waals surface area (Å²) in [5.74, 6) is 0. The van der Waals surface area contributed by atoms with E-state index in [0.29, 0.717) is 12.2 Å². The lowest BCUT2D eigenvalue weighted by Crippen LogP contribution is -2.13. The van der Waals surface area contributed by atoms with E-state index in [-0.39, 0.29) is 6.61 Å². The highest BCUT2D eigenvalue weighted by Gasteiger charge is 2.03. The number of benzene rings is 2. The third kappa shape index (κ3) is 4.40. The first kappa shape index (κ1) is 14.1. The van der Waals surface area contributed by atoms with Crippen molar-refractivity contribution in [2.75, 3.05) is 11.9 Å². The lowest BCUT2D eigenvalue weighted by molar-refractivity contribution is 0.155. The van der Waals surface area contributed by atoms with Gasteiger partial charge in [-0.1, -0.05) is 42.5 Å². The van der Waals surface area contributed by atoms with Crippen molar-refractivity contribution >= 4 is 11.8 Å². The Hall–Kier alpha value is -2.33. The van der Waals surface area contributed by atoms with Crippen molar-refractivity contribution in [1.82, 2.24) is 0 Å². The van der Waals surface area contributed by atoms with Gasteiger partial charge in [-0.2, -0.15) is 0 Å². The Balaban J connectivity index is 1.82. The molecule has 0 aliphatic heterocycles. The predicted octanol–water partition coefficient (Wildman–Crippen LogP) is 2.94. The minimum atomic E-state index is -0.458. The molecule has 0 fully saturated rings. The molecule has 2 rings (SSSR count). The fraction of sp³-hybridized carbons (Fsp3) is 0.188. The van der Waals surface area contributed by atoms with Gasteiger partial charge in [-0.3, -0.25) is 5.32 Å². The van der Waals surface area contributed by atoms with E-state index in [2.05, 4.69) is 5.32 Å². The lowest BCUT2D eigenvalue weighted by Gasteiger charge is -2.07. The van der Waals surface area contributed by atoms with E-state index in [1.165, 1.54) is 0 Å². The average molecular weight is 270 g/mol. The molecule has 0 saturated carbocycles. The third-order valence-corrected chi connectivity index (χ3v) is 2.85. The normalized spacial score (nSPS) is 10.1. The maximum absolute atomic E-state index is 11.6. The second-order valence-electron chi connectivity index (χ2n) is 4.42. The number of amides is 1. The molecule has 0 aromatic heterocycles. The van der Waals surface area contributed by atoms with Crippen molar-refractivity contribution < 1.29 is 9.53 Å². The van der Waals surface area contributed by atoms with E-state index < -0.39 is 6.09 Å². The molecule has 0 radical (unpaired) electrons. The van der Waals surface area contributed by atoms with Gasteiger partial charge < -0.3 is 10.5 Å². The zero-order chi connectivity index (χ0) is 14.2. The third-order valence-electron chi connectivity index (χ3n) is 2.85. The maximum atomic E-state index is 11.6. The van der Waals surface area contributed by atoms with Crippen molar-refractivity contribution in [3.05, 3.63) is 65.7 Å². The van der Waals surface area contributed by atoms with Crippen LogP contribution in [-0.4, -0.2) is 12.6 Å². The van der Waals surface area contributed by atoms with Gasteiger partial charge in [-0.05, 0) is 36.2 Å². The van der Waals surface area contributed by atoms with Gasteiger partial charge in [0.2, 0.25) is 0 Å². The van der Waals surface area contributed by atoms with Gasteiger partial charge in [-0.25, -0.2) is 4.79 Å². The average Bonchev–Trinajstić information content (AvgIpc) is 2.49. The highest BCUT2D eigenvalue weighted by Crippen LogP contribution is 2.10. The largest absolute Gasteiger partial charge is 0.444 e. The molecule has 0 atom stereocenters. The van der Waals surface area contributed by atoms with Crippen molar-refractivity contribution in [2.24, 2.45) is 5.73 Å². The summed E-state index contributed by atoms with van der Waals surface area (Å²) in [6.45, 7) is 0.879. The van der Waals surface area contributed by atoms with Gasteiger partial charge in [0.1, 0.15) is 6.61 Å². The summed E-state index contributed by atoms with van der Waals surface area (Å²) < 4.78 is 5.14. The Morgan fingerprint density at radius 2 is 1.70 bits per heavy atom. The van der Waals surface area contributed by atoms with Crippen LogP contribution in [0.4, 0.5) is 10.5 Å². The Morgan fingerprint density at radius 1 is 1.00 bits per heavy atom. The molecule has 1 amide bonds. The van der Waals surface area contributed by atoms with Crippen LogP contribution in [0.25, 0.3) is 0 Å². The molecule has 20 heavy (non-hydrogen) atoms. The van der Waals surface area contributed by atoms with Crippen molar-refractivity contribution in [1.29, 1.82) is 0 Å². The van der Waals surface area contributed by atoms with E-state index in [4.69, 9.17) is 10.5 Å². The van der Waals surface area contributed by atoms with Crippen molar-refractivity contribution in [3.8, 4) is 0 Å². The van der Waals surface area contributed by atoms with E-state index in [1.807, 2.05) is 54.6 Å². The monoisotopic (exact) mass is 270 g/mol. The van der Waals surface area contributed by atoms with Gasteiger partial charge in [0, 0.05) is 5.69 Å². The van der Waals surface area contributed by atoms with Crippen molar-refractivity contribution in [2.45, 2.75) is 13.0 Å². The summed E-state index contributed by atoms with van der Waals surface area (Å²) >= 11 is 0. The fourth-order valence-corrected chi connectivity index (χ4v) is 1.80. The van der Waals surface area contributed by atoms with Crippen LogP contribution in [0.5, 0.6) is 0 Å². The fourth-order valence-electron chi connectivity index (χ4n) is 1.80. The number of hydrogen-bond acceptors (Lipinski definition) is 3. The molecule has 4 nitrogen and oxygen atoms in total. The molecule has 0 aliphatic rings. The Bertz CT molecular complexity index is 538. The highest BCUT2D eigenvalue weighted by molar-refractivity contribution is 5.84. The number of carbonyl (C=O) groups is 1. The molecule has 0 heterocycles. The Labute approximate surface area is 118 Å². The van der Waals surface area contributed by atoms with Crippen LogP contribution in [0, 0.1) is 0 Å². The quantitative estimate of drug-likeness (QED) is 0.878. The molecule has 0 saturated heterocycles. The predicted molar refractivity (Wildman–Crippen MR) is 79.5 cm³/mol. The van der Waals surface area contributed by atoms with Crippen LogP contribution < -0.4 is 11.1 Å². The summed E-state index contributed by atoms with van der Waals surface area (Å²) in [5, 5.41) is 2.69. The first-order valence-corrected chi connectivity index (χ1v) is 6.54. The summed E-state index contributed by atoms with van der Waals surface area (Å²) in [4.78, 5) is 11.6. The molecule has 3 N–H and O–H groups in total. The second-order valence-corrected chi connectivity index (χ2v) is 4.42. The van der Waals surface area contributed by atoms with E-state index in [9.17, 15) is 4.79 Å². The molecule has 4 heteroatoms. The van der Waals surface area contributed by atoms with Crippen LogP contribution in [-0.2, 0) is 17.8 Å². The zero-order valence-corrected chi connectivity index (χ0v) is 11.2. The molecule has 0 unspecified atom stereocenters. The molecular weight excluding hydrogens is 252 g/mol. The number of hydrogen-bond donors (Lipinski definition) is 2. The smallest absolute Gasteiger partial charge is 0.411 e. The number of nitrogens with one attached hydrogen (secondary N) is 1. The van der Waals surface area contributed by atoms with Crippen LogP contribution in [0.2, 0.25) is 0 Å². The van der Waals surface area contributed by atoms with Crippen LogP contribution in [0.15, 0.2) is 54.6 Å². The summed E-state index contributed by atoms with van der Waals surface area (Å²) in [5.41, 5.74) is 8.30. The Morgan fingerprint density at radius 3 is 2.35 bits per heavy atom. The molecular formula is C16H18N2O2. The molecule has 0 bridgehead atoms. The SMILES string of the molecule is NCCc1ccc(NC(=O)OCc2ccccc2)cc1. The van der Waals surface area contributed by atoms with Gasteiger partial charge in [-0.15, -0.1) is 0 Å². The standard InChI is InChI=1S/C16H18N2O2/c17-11-10-13-6-8-15(9-7-13)18-16(19)20-12-14-4-2-1-3-5-14/h1-9H,10-12,17H2,(H,18,19). The van der Waals surface area contributed by atoms with Gasteiger partial charge >= 0.3 is 6.09 Å². The minimum Gasteiger partial charge on any atom is -0.444 e. The first-order chi connectivity index (χ1) is 9.78. The van der Waals surface area contributed by atoms with Gasteiger partial charge in [0.15, 0.2) is 0 Å². The lowest BCUT2D eigenvalue weighted by atomic mass is 10.1. The van der Waals surface area contributed by atoms with E-state index >= 15 is 0 Å². The van der Waals surface area contributed by atoms with E-state index in [1.54, 1.807) is 0 Å².